The molecule has 2 amide bonds. The molecule has 7 nitrogen and oxygen atoms in total. The summed E-state index contributed by atoms with van der Waals surface area (Å²) in [6.07, 6.45) is 9.94. The van der Waals surface area contributed by atoms with E-state index in [-0.39, 0.29) is 30.9 Å². The summed E-state index contributed by atoms with van der Waals surface area (Å²) < 4.78 is 5.55. The maximum atomic E-state index is 13.3. The minimum Gasteiger partial charge on any atom is -0.456 e. The molecule has 1 aromatic rings. The van der Waals surface area contributed by atoms with Gasteiger partial charge in [-0.3, -0.25) is 14.5 Å². The van der Waals surface area contributed by atoms with Crippen LogP contribution in [-0.2, 0) is 14.3 Å². The average Bonchev–Trinajstić information content (AvgIpc) is 3.30. The van der Waals surface area contributed by atoms with Crippen LogP contribution < -0.4 is 15.1 Å². The molecule has 0 aromatic heterocycles. The number of hydrogen-bond acceptors (Lipinski definition) is 5. The zero-order chi connectivity index (χ0) is 23.6. The number of rotatable bonds is 5. The van der Waals surface area contributed by atoms with Gasteiger partial charge in [0.15, 0.2) is 0 Å². The van der Waals surface area contributed by atoms with Crippen molar-refractivity contribution in [2.75, 3.05) is 22.9 Å². The number of ether oxygens (including phenoxy) is 1. The number of carbonyl (C=O) groups is 3. The van der Waals surface area contributed by atoms with E-state index in [9.17, 15) is 14.4 Å². The largest absolute Gasteiger partial charge is 0.456 e. The molecule has 3 aliphatic rings. The van der Waals surface area contributed by atoms with Crippen molar-refractivity contribution in [2.45, 2.75) is 96.2 Å². The molecule has 2 fully saturated rings. The van der Waals surface area contributed by atoms with Crippen LogP contribution in [0.5, 0.6) is 0 Å². The highest BCUT2D eigenvalue weighted by molar-refractivity contribution is 6.12. The molecule has 2 saturated carbocycles. The summed E-state index contributed by atoms with van der Waals surface area (Å²) in [6, 6.07) is 5.73. The third-order valence-electron chi connectivity index (χ3n) is 6.86. The van der Waals surface area contributed by atoms with Crippen LogP contribution in [-0.4, -0.2) is 48.6 Å². The Bertz CT molecular complexity index is 895. The van der Waals surface area contributed by atoms with E-state index in [4.69, 9.17) is 4.74 Å². The Morgan fingerprint density at radius 3 is 2.33 bits per heavy atom. The second-order valence-electron chi connectivity index (χ2n) is 10.6. The smallest absolute Gasteiger partial charge is 0.338 e. The van der Waals surface area contributed by atoms with Gasteiger partial charge in [-0.05, 0) is 64.7 Å². The summed E-state index contributed by atoms with van der Waals surface area (Å²) in [7, 11) is 0. The Labute approximate surface area is 196 Å². The van der Waals surface area contributed by atoms with Crippen molar-refractivity contribution in [1.29, 1.82) is 0 Å². The zero-order valence-corrected chi connectivity index (χ0v) is 20.2. The summed E-state index contributed by atoms with van der Waals surface area (Å²) in [5, 5.41) is 3.39. The fourth-order valence-electron chi connectivity index (χ4n) is 5.26. The number of fused-ring (bicyclic) bond motifs is 1. The molecule has 1 N–H and O–H groups in total. The molecular weight excluding hydrogens is 418 g/mol. The van der Waals surface area contributed by atoms with Crippen LogP contribution in [0, 0.1) is 0 Å². The lowest BCUT2D eigenvalue weighted by atomic mass is 9.95. The fraction of sp³-hybridized carbons (Fsp3) is 0.654. The molecule has 1 aromatic carbocycles. The number of hydrogen-bond donors (Lipinski definition) is 1. The third kappa shape index (κ3) is 5.57. The predicted molar refractivity (Wildman–Crippen MR) is 129 cm³/mol. The second kappa shape index (κ2) is 9.84. The van der Waals surface area contributed by atoms with E-state index >= 15 is 0 Å². The van der Waals surface area contributed by atoms with Gasteiger partial charge in [0.1, 0.15) is 12.1 Å². The van der Waals surface area contributed by atoms with Crippen molar-refractivity contribution in [1.82, 2.24) is 5.32 Å². The van der Waals surface area contributed by atoms with E-state index in [1.165, 1.54) is 19.3 Å². The van der Waals surface area contributed by atoms with Gasteiger partial charge in [0.25, 0.3) is 0 Å². The Balaban J connectivity index is 1.61. The summed E-state index contributed by atoms with van der Waals surface area (Å²) in [6.45, 7) is 5.69. The molecule has 33 heavy (non-hydrogen) atoms. The number of nitrogens with zero attached hydrogens (tertiary/aromatic N) is 2. The van der Waals surface area contributed by atoms with Crippen LogP contribution in [0.4, 0.5) is 11.4 Å². The highest BCUT2D eigenvalue weighted by Gasteiger charge is 2.38. The summed E-state index contributed by atoms with van der Waals surface area (Å²) in [5.41, 5.74) is 1.12. The number of esters is 1. The predicted octanol–water partition coefficient (Wildman–Crippen LogP) is 4.19. The lowest BCUT2D eigenvalue weighted by Crippen LogP contribution is -2.53. The van der Waals surface area contributed by atoms with Crippen LogP contribution in [0.15, 0.2) is 18.2 Å². The van der Waals surface area contributed by atoms with Gasteiger partial charge >= 0.3 is 5.97 Å². The van der Waals surface area contributed by atoms with Gasteiger partial charge in [0, 0.05) is 12.1 Å². The van der Waals surface area contributed by atoms with Crippen molar-refractivity contribution >= 4 is 29.2 Å². The summed E-state index contributed by atoms with van der Waals surface area (Å²) in [5.74, 6) is -0.615. The normalized spacial score (nSPS) is 20.2. The number of carbonyl (C=O) groups excluding carboxylic acids is 3. The van der Waals surface area contributed by atoms with Gasteiger partial charge in [0.05, 0.1) is 23.5 Å². The van der Waals surface area contributed by atoms with Crippen LogP contribution in [0.2, 0.25) is 0 Å². The lowest BCUT2D eigenvalue weighted by molar-refractivity contribution is -0.122. The summed E-state index contributed by atoms with van der Waals surface area (Å²) in [4.78, 5) is 42.6. The molecule has 180 valence electrons. The Kier molecular flexibility index (Phi) is 7.07. The van der Waals surface area contributed by atoms with Crippen LogP contribution in [0.25, 0.3) is 0 Å². The molecule has 1 aliphatic heterocycles. The molecular formula is C26H37N3O4. The first-order chi connectivity index (χ1) is 15.7. The van der Waals surface area contributed by atoms with Gasteiger partial charge < -0.3 is 15.0 Å². The third-order valence-corrected chi connectivity index (χ3v) is 6.86. The Morgan fingerprint density at radius 1 is 1.00 bits per heavy atom. The molecule has 0 spiro atoms. The van der Waals surface area contributed by atoms with E-state index in [0.29, 0.717) is 17.3 Å². The molecule has 0 bridgehead atoms. The molecule has 1 heterocycles. The van der Waals surface area contributed by atoms with Gasteiger partial charge in [-0.15, -0.1) is 0 Å². The molecule has 0 saturated heterocycles. The maximum absolute atomic E-state index is 13.3. The number of anilines is 2. The van der Waals surface area contributed by atoms with E-state index in [1.807, 2.05) is 25.7 Å². The van der Waals surface area contributed by atoms with Crippen LogP contribution in [0.3, 0.4) is 0 Å². The van der Waals surface area contributed by atoms with Crippen molar-refractivity contribution in [3.05, 3.63) is 23.8 Å². The summed E-state index contributed by atoms with van der Waals surface area (Å²) >= 11 is 0. The minimum atomic E-state index is -0.613. The first-order valence-electron chi connectivity index (χ1n) is 12.5. The van der Waals surface area contributed by atoms with Crippen molar-refractivity contribution in [2.24, 2.45) is 0 Å². The van der Waals surface area contributed by atoms with Gasteiger partial charge in [0.2, 0.25) is 11.8 Å². The Morgan fingerprint density at radius 2 is 1.67 bits per heavy atom. The number of amides is 2. The first kappa shape index (κ1) is 23.7. The van der Waals surface area contributed by atoms with E-state index in [2.05, 4.69) is 5.32 Å². The fourth-order valence-corrected chi connectivity index (χ4v) is 5.26. The number of nitrogens with one attached hydrogen (secondary N) is 1. The topological polar surface area (TPSA) is 79.0 Å². The average molecular weight is 456 g/mol. The monoisotopic (exact) mass is 455 g/mol. The molecule has 2 aliphatic carbocycles. The van der Waals surface area contributed by atoms with Gasteiger partial charge in [-0.25, -0.2) is 4.79 Å². The Hall–Kier alpha value is -2.41. The highest BCUT2D eigenvalue weighted by Crippen LogP contribution is 2.39. The molecule has 0 atom stereocenters. The van der Waals surface area contributed by atoms with Crippen molar-refractivity contribution in [3.63, 3.8) is 0 Å². The maximum Gasteiger partial charge on any atom is 0.338 e. The van der Waals surface area contributed by atoms with Crippen molar-refractivity contribution in [3.8, 4) is 0 Å². The van der Waals surface area contributed by atoms with E-state index in [1.54, 1.807) is 23.1 Å². The second-order valence-corrected chi connectivity index (χ2v) is 10.6. The SMILES string of the molecule is CC(C)(C)OC(=O)c1ccc2c(c1)N(C(=O)CNC1CCCCC1)CC(=O)N2C1CCCC1. The lowest BCUT2D eigenvalue weighted by Gasteiger charge is -2.39. The molecule has 0 radical (unpaired) electrons. The van der Waals surface area contributed by atoms with E-state index in [0.717, 1.165) is 44.2 Å². The zero-order valence-electron chi connectivity index (χ0n) is 20.2. The molecule has 7 heteroatoms. The van der Waals surface area contributed by atoms with Crippen LogP contribution in [0.1, 0.15) is 88.9 Å². The molecule has 0 unspecified atom stereocenters. The first-order valence-corrected chi connectivity index (χ1v) is 12.5. The minimum absolute atomic E-state index is 0.00640. The van der Waals surface area contributed by atoms with Crippen LogP contribution >= 0.6 is 0 Å². The van der Waals surface area contributed by atoms with Crippen molar-refractivity contribution < 1.29 is 19.1 Å². The number of benzene rings is 1. The standard InChI is InChI=1S/C26H37N3O4/c1-26(2,3)33-25(32)18-13-14-21-22(15-18)28(17-24(31)29(21)20-11-7-8-12-20)23(30)16-27-19-9-5-4-6-10-19/h13-15,19-20,27H,4-12,16-17H2,1-3H3. The van der Waals surface area contributed by atoms with Gasteiger partial charge in [-0.1, -0.05) is 32.1 Å². The quantitative estimate of drug-likeness (QED) is 0.674. The molecule has 4 rings (SSSR count). The highest BCUT2D eigenvalue weighted by atomic mass is 16.6. The van der Waals surface area contributed by atoms with E-state index < -0.39 is 11.6 Å². The van der Waals surface area contributed by atoms with Gasteiger partial charge in [-0.2, -0.15) is 0 Å².